The molecule has 0 aromatic rings. The minimum absolute atomic E-state index is 0.955. The molecule has 0 amide bonds. The van der Waals surface area contributed by atoms with Crippen LogP contribution >= 0.6 is 0 Å². The van der Waals surface area contributed by atoms with Gasteiger partial charge in [-0.15, -0.1) is 0 Å². The summed E-state index contributed by atoms with van der Waals surface area (Å²) in [4.78, 5) is 0. The Morgan fingerprint density at radius 2 is 1.50 bits per heavy atom. The summed E-state index contributed by atoms with van der Waals surface area (Å²) in [6.45, 7) is 4.57. The zero-order valence-corrected chi connectivity index (χ0v) is 9.23. The molecule has 72 valence electrons. The molecule has 0 heterocycles. The Hall–Kier alpha value is 0.0649. The fourth-order valence-electron chi connectivity index (χ4n) is 1.48. The Labute approximate surface area is 79.5 Å². The maximum Gasteiger partial charge on any atom is 0.105 e. The molecule has 0 N–H and O–H groups in total. The Morgan fingerprint density at radius 3 is 2.08 bits per heavy atom. The molecular formula is C11H25B. The summed E-state index contributed by atoms with van der Waals surface area (Å²) in [6, 6.07) is 0. The van der Waals surface area contributed by atoms with Crippen molar-refractivity contribution in [1.82, 2.24) is 0 Å². The Kier molecular flexibility index (Phi) is 9.20. The topological polar surface area (TPSA) is 0 Å². The molecule has 0 aromatic carbocycles. The van der Waals surface area contributed by atoms with Gasteiger partial charge in [-0.3, -0.25) is 0 Å². The second-order valence-electron chi connectivity index (χ2n) is 4.07. The van der Waals surface area contributed by atoms with Gasteiger partial charge < -0.3 is 0 Å². The minimum Gasteiger partial charge on any atom is -0.0700 e. The molecule has 0 aliphatic carbocycles. The van der Waals surface area contributed by atoms with Gasteiger partial charge >= 0.3 is 0 Å². The molecule has 1 atom stereocenters. The van der Waals surface area contributed by atoms with E-state index >= 15 is 0 Å². The Bertz CT molecular complexity index is 81.1. The van der Waals surface area contributed by atoms with Gasteiger partial charge in [-0.25, -0.2) is 0 Å². The highest BCUT2D eigenvalue weighted by atomic mass is 14.0. The van der Waals surface area contributed by atoms with Gasteiger partial charge in [0.2, 0.25) is 0 Å². The summed E-state index contributed by atoms with van der Waals surface area (Å²) < 4.78 is 0. The van der Waals surface area contributed by atoms with Gasteiger partial charge in [0.15, 0.2) is 0 Å². The normalized spacial score (nSPS) is 13.2. The van der Waals surface area contributed by atoms with E-state index in [1.165, 1.54) is 51.4 Å². The summed E-state index contributed by atoms with van der Waals surface area (Å²) >= 11 is 0. The van der Waals surface area contributed by atoms with Crippen molar-refractivity contribution in [2.75, 3.05) is 0 Å². The molecule has 0 saturated carbocycles. The molecular weight excluding hydrogens is 143 g/mol. The van der Waals surface area contributed by atoms with Crippen LogP contribution in [0.15, 0.2) is 0 Å². The third-order valence-corrected chi connectivity index (χ3v) is 2.75. The quantitative estimate of drug-likeness (QED) is 0.384. The van der Waals surface area contributed by atoms with Crippen LogP contribution in [0.3, 0.4) is 0 Å². The van der Waals surface area contributed by atoms with Crippen LogP contribution in [0.4, 0.5) is 0 Å². The number of rotatable bonds is 8. The molecule has 0 aliphatic rings. The lowest BCUT2D eigenvalue weighted by Crippen LogP contribution is -1.90. The fraction of sp³-hybridized carbons (Fsp3) is 1.00. The van der Waals surface area contributed by atoms with Crippen LogP contribution in [0.1, 0.15) is 65.2 Å². The van der Waals surface area contributed by atoms with Gasteiger partial charge in [-0.05, 0) is 0 Å². The molecule has 0 bridgehead atoms. The van der Waals surface area contributed by atoms with E-state index in [0.29, 0.717) is 0 Å². The summed E-state index contributed by atoms with van der Waals surface area (Å²) in [6.07, 6.45) is 11.4. The second-order valence-corrected chi connectivity index (χ2v) is 4.07. The van der Waals surface area contributed by atoms with Gasteiger partial charge in [0.1, 0.15) is 7.85 Å². The van der Waals surface area contributed by atoms with Crippen LogP contribution < -0.4 is 0 Å². The van der Waals surface area contributed by atoms with E-state index in [-0.39, 0.29) is 0 Å². The van der Waals surface area contributed by atoms with E-state index in [1.807, 2.05) is 0 Å². The predicted molar refractivity (Wildman–Crippen MR) is 60.6 cm³/mol. The van der Waals surface area contributed by atoms with Crippen molar-refractivity contribution in [3.05, 3.63) is 0 Å². The van der Waals surface area contributed by atoms with Crippen LogP contribution in [0.5, 0.6) is 0 Å². The molecule has 0 saturated heterocycles. The van der Waals surface area contributed by atoms with Crippen molar-refractivity contribution in [1.29, 1.82) is 0 Å². The molecule has 0 rings (SSSR count). The van der Waals surface area contributed by atoms with Gasteiger partial charge in [0, 0.05) is 0 Å². The van der Waals surface area contributed by atoms with Gasteiger partial charge in [0.05, 0.1) is 0 Å². The first-order valence-electron chi connectivity index (χ1n) is 5.81. The summed E-state index contributed by atoms with van der Waals surface area (Å²) in [5.41, 5.74) is 0. The van der Waals surface area contributed by atoms with Crippen molar-refractivity contribution in [2.24, 2.45) is 0 Å². The minimum atomic E-state index is 0.955. The van der Waals surface area contributed by atoms with Crippen molar-refractivity contribution in [3.63, 3.8) is 0 Å². The molecule has 0 unspecified atom stereocenters. The van der Waals surface area contributed by atoms with Crippen molar-refractivity contribution in [2.45, 2.75) is 71.0 Å². The van der Waals surface area contributed by atoms with Gasteiger partial charge in [-0.1, -0.05) is 71.0 Å². The Balaban J connectivity index is 2.90. The van der Waals surface area contributed by atoms with E-state index in [0.717, 1.165) is 5.82 Å². The lowest BCUT2D eigenvalue weighted by Gasteiger charge is -2.06. The van der Waals surface area contributed by atoms with E-state index in [9.17, 15) is 0 Å². The second kappa shape index (κ2) is 9.16. The standard InChI is InChI=1S/C11H25B/c1-3-5-6-7-8-9-10-11(12)4-2/h11H,3-10,12H2,1-2H3/t11-/m1/s1. The molecule has 0 spiro atoms. The monoisotopic (exact) mass is 168 g/mol. The maximum atomic E-state index is 2.37. The third kappa shape index (κ3) is 8.16. The van der Waals surface area contributed by atoms with E-state index < -0.39 is 0 Å². The molecule has 0 aromatic heterocycles. The molecule has 0 aliphatic heterocycles. The zero-order valence-electron chi connectivity index (χ0n) is 9.23. The average molecular weight is 168 g/mol. The fourth-order valence-corrected chi connectivity index (χ4v) is 1.48. The van der Waals surface area contributed by atoms with Crippen molar-refractivity contribution < 1.29 is 0 Å². The first-order valence-corrected chi connectivity index (χ1v) is 5.81. The largest absolute Gasteiger partial charge is 0.105 e. The SMILES string of the molecule is B[C@H](CC)CCCCCCCC. The predicted octanol–water partition coefficient (Wildman–Crippen LogP) is 3.57. The van der Waals surface area contributed by atoms with Gasteiger partial charge in [-0.2, -0.15) is 0 Å². The number of hydrogen-bond donors (Lipinski definition) is 0. The van der Waals surface area contributed by atoms with Gasteiger partial charge in [0.25, 0.3) is 0 Å². The third-order valence-electron chi connectivity index (χ3n) is 2.75. The summed E-state index contributed by atoms with van der Waals surface area (Å²) in [7, 11) is 2.37. The van der Waals surface area contributed by atoms with Crippen LogP contribution in [0.25, 0.3) is 0 Å². The van der Waals surface area contributed by atoms with E-state index in [2.05, 4.69) is 21.7 Å². The van der Waals surface area contributed by atoms with Crippen LogP contribution in [0, 0.1) is 0 Å². The highest BCUT2D eigenvalue weighted by molar-refractivity contribution is 6.11. The van der Waals surface area contributed by atoms with E-state index in [4.69, 9.17) is 0 Å². The molecule has 0 radical (unpaired) electrons. The average Bonchev–Trinajstić information content (AvgIpc) is 2.10. The van der Waals surface area contributed by atoms with Crippen LogP contribution in [-0.4, -0.2) is 7.85 Å². The maximum absolute atomic E-state index is 2.37. The lowest BCUT2D eigenvalue weighted by atomic mass is 9.81. The number of unbranched alkanes of at least 4 members (excludes halogenated alkanes) is 5. The first-order chi connectivity index (χ1) is 5.81. The molecule has 0 nitrogen and oxygen atoms in total. The zero-order chi connectivity index (χ0) is 9.23. The first kappa shape index (κ1) is 12.1. The van der Waals surface area contributed by atoms with Crippen molar-refractivity contribution >= 4 is 7.85 Å². The van der Waals surface area contributed by atoms with Crippen LogP contribution in [-0.2, 0) is 0 Å². The van der Waals surface area contributed by atoms with Crippen molar-refractivity contribution in [3.8, 4) is 0 Å². The highest BCUT2D eigenvalue weighted by Crippen LogP contribution is 2.16. The molecule has 1 heteroatoms. The lowest BCUT2D eigenvalue weighted by molar-refractivity contribution is 0.572. The summed E-state index contributed by atoms with van der Waals surface area (Å²) in [5, 5.41) is 0. The smallest absolute Gasteiger partial charge is 0.0700 e. The summed E-state index contributed by atoms with van der Waals surface area (Å²) in [5.74, 6) is 0.955. The highest BCUT2D eigenvalue weighted by Gasteiger charge is 1.97. The van der Waals surface area contributed by atoms with Crippen LogP contribution in [0.2, 0.25) is 5.82 Å². The van der Waals surface area contributed by atoms with E-state index in [1.54, 1.807) is 0 Å². The molecule has 12 heavy (non-hydrogen) atoms. The molecule has 0 fully saturated rings. The number of hydrogen-bond acceptors (Lipinski definition) is 0. The Morgan fingerprint density at radius 1 is 0.917 bits per heavy atom.